The Morgan fingerprint density at radius 1 is 1.23 bits per heavy atom. The molecule has 2 rings (SSSR count). The lowest BCUT2D eigenvalue weighted by Crippen LogP contribution is -2.28. The van der Waals surface area contributed by atoms with Crippen molar-refractivity contribution < 1.29 is 4.79 Å². The largest absolute Gasteiger partial charge is 0.323 e. The number of nitrogens with zero attached hydrogens (tertiary/aromatic N) is 3. The fourth-order valence-corrected chi connectivity index (χ4v) is 1.98. The van der Waals surface area contributed by atoms with E-state index in [1.54, 1.807) is 12.4 Å². The van der Waals surface area contributed by atoms with Crippen LogP contribution in [0.15, 0.2) is 42.7 Å². The highest BCUT2D eigenvalue weighted by molar-refractivity contribution is 7.81. The average Bonchev–Trinajstić information content (AvgIpc) is 2.57. The zero-order valence-electron chi connectivity index (χ0n) is 12.4. The molecule has 2 N–H and O–H groups in total. The lowest BCUT2D eigenvalue weighted by atomic mass is 10.3. The fourth-order valence-electron chi connectivity index (χ4n) is 1.90. The molecule has 116 valence electrons. The molecule has 1 aromatic heterocycles. The number of nitrogens with one attached hydrogen (secondary N) is 2. The first-order valence-corrected chi connectivity index (χ1v) is 7.58. The predicted molar refractivity (Wildman–Crippen MR) is 91.9 cm³/mol. The first-order valence-electron chi connectivity index (χ1n) is 6.94. The molecule has 1 aromatic carbocycles. The van der Waals surface area contributed by atoms with E-state index in [1.807, 2.05) is 42.3 Å². The molecule has 22 heavy (non-hydrogen) atoms. The second-order valence-electron chi connectivity index (χ2n) is 4.57. The molecule has 0 aliphatic heterocycles. The first kappa shape index (κ1) is 16.3. The lowest BCUT2D eigenvalue weighted by Gasteiger charge is -2.22. The van der Waals surface area contributed by atoms with Crippen molar-refractivity contribution in [3.8, 4) is 0 Å². The quantitative estimate of drug-likeness (QED) is 0.678. The van der Waals surface area contributed by atoms with Crippen LogP contribution in [0.3, 0.4) is 0 Å². The molecule has 0 aliphatic rings. The van der Waals surface area contributed by atoms with E-state index in [-0.39, 0.29) is 11.7 Å². The fraction of sp³-hybridized carbons (Fsp3) is 0.267. The summed E-state index contributed by atoms with van der Waals surface area (Å²) in [6, 6.07) is 9.94. The Hall–Kier alpha value is -2.12. The van der Waals surface area contributed by atoms with Crippen molar-refractivity contribution in [2.24, 2.45) is 0 Å². The van der Waals surface area contributed by atoms with Gasteiger partial charge in [0.15, 0.2) is 0 Å². The van der Waals surface area contributed by atoms with Crippen LogP contribution >= 0.6 is 12.6 Å². The number of rotatable bonds is 7. The summed E-state index contributed by atoms with van der Waals surface area (Å²) in [6.07, 6.45) is 3.19. The molecular weight excluding hydrogens is 298 g/mol. The molecule has 6 nitrogen and oxygen atoms in total. The van der Waals surface area contributed by atoms with E-state index in [4.69, 9.17) is 0 Å². The van der Waals surface area contributed by atoms with Crippen molar-refractivity contribution in [1.29, 1.82) is 0 Å². The predicted octanol–water partition coefficient (Wildman–Crippen LogP) is 1.70. The van der Waals surface area contributed by atoms with E-state index >= 15 is 0 Å². The third-order valence-corrected chi connectivity index (χ3v) is 3.25. The number of carbonyl (C=O) groups excluding carboxylic acids is 1. The zero-order valence-corrected chi connectivity index (χ0v) is 13.3. The molecule has 1 amide bonds. The minimum absolute atomic E-state index is 0.125. The second-order valence-corrected chi connectivity index (χ2v) is 4.88. The highest BCUT2D eigenvalue weighted by Gasteiger charge is 2.11. The van der Waals surface area contributed by atoms with Gasteiger partial charge in [0.05, 0.1) is 23.8 Å². The normalized spacial score (nSPS) is 10.3. The van der Waals surface area contributed by atoms with Gasteiger partial charge in [-0.2, -0.15) is 12.6 Å². The maximum Gasteiger partial charge on any atom is 0.234 e. The molecule has 0 unspecified atom stereocenters. The van der Waals surface area contributed by atoms with Gasteiger partial charge in [0.2, 0.25) is 11.9 Å². The Morgan fingerprint density at radius 2 is 1.91 bits per heavy atom. The van der Waals surface area contributed by atoms with Crippen molar-refractivity contribution in [3.63, 3.8) is 0 Å². The molecule has 7 heteroatoms. The smallest absolute Gasteiger partial charge is 0.234 e. The topological polar surface area (TPSA) is 70.2 Å². The Bertz CT molecular complexity index is 591. The first-order chi connectivity index (χ1) is 10.7. The third kappa shape index (κ3) is 4.44. The molecule has 0 bridgehead atoms. The van der Waals surface area contributed by atoms with Crippen LogP contribution < -0.4 is 15.5 Å². The van der Waals surface area contributed by atoms with Crippen LogP contribution in [-0.4, -0.2) is 41.8 Å². The van der Waals surface area contributed by atoms with E-state index in [1.165, 1.54) is 0 Å². The Kier molecular flexibility index (Phi) is 6.17. The van der Waals surface area contributed by atoms with Crippen molar-refractivity contribution in [1.82, 2.24) is 15.3 Å². The number of anilines is 3. The number of thiol groups is 1. The number of para-hydroxylation sites is 1. The average molecular weight is 317 g/mol. The monoisotopic (exact) mass is 317 g/mol. The van der Waals surface area contributed by atoms with Crippen LogP contribution in [0.5, 0.6) is 0 Å². The summed E-state index contributed by atoms with van der Waals surface area (Å²) in [7, 11) is 1.90. The van der Waals surface area contributed by atoms with Gasteiger partial charge in [-0.1, -0.05) is 18.2 Å². The Morgan fingerprint density at radius 3 is 2.50 bits per heavy atom. The maximum atomic E-state index is 11.3. The number of aromatic nitrogens is 2. The summed E-state index contributed by atoms with van der Waals surface area (Å²) in [6.45, 7) is 1.54. The van der Waals surface area contributed by atoms with Crippen molar-refractivity contribution in [3.05, 3.63) is 42.7 Å². The van der Waals surface area contributed by atoms with E-state index < -0.39 is 0 Å². The van der Waals surface area contributed by atoms with Crippen molar-refractivity contribution in [2.45, 2.75) is 0 Å². The van der Waals surface area contributed by atoms with Gasteiger partial charge >= 0.3 is 0 Å². The number of likely N-dealkylation sites (N-methyl/N-ethyl adjacent to an activating group) is 1. The summed E-state index contributed by atoms with van der Waals surface area (Å²) in [5, 5.41) is 5.79. The SMILES string of the molecule is CNCCN(c1ccccc1)c1ncc(NC(=O)CS)cn1. The highest BCUT2D eigenvalue weighted by Crippen LogP contribution is 2.21. The van der Waals surface area contributed by atoms with Crippen LogP contribution in [-0.2, 0) is 4.79 Å². The molecule has 0 saturated heterocycles. The molecule has 0 radical (unpaired) electrons. The van der Waals surface area contributed by atoms with Gasteiger partial charge < -0.3 is 15.5 Å². The number of hydrogen-bond acceptors (Lipinski definition) is 6. The van der Waals surface area contributed by atoms with E-state index in [0.29, 0.717) is 11.6 Å². The second kappa shape index (κ2) is 8.35. The van der Waals surface area contributed by atoms with Crippen molar-refractivity contribution >= 4 is 35.9 Å². The molecule has 0 atom stereocenters. The minimum atomic E-state index is -0.185. The van der Waals surface area contributed by atoms with E-state index in [9.17, 15) is 4.79 Å². The van der Waals surface area contributed by atoms with Crippen LogP contribution in [0.1, 0.15) is 0 Å². The Balaban J connectivity index is 2.19. The zero-order chi connectivity index (χ0) is 15.8. The summed E-state index contributed by atoms with van der Waals surface area (Å²) in [4.78, 5) is 22.0. The van der Waals surface area contributed by atoms with Gasteiger partial charge in [0, 0.05) is 18.8 Å². The van der Waals surface area contributed by atoms with Crippen LogP contribution in [0.4, 0.5) is 17.3 Å². The van der Waals surface area contributed by atoms with E-state index in [0.717, 1.165) is 18.8 Å². The lowest BCUT2D eigenvalue weighted by molar-refractivity contribution is -0.113. The number of hydrogen-bond donors (Lipinski definition) is 3. The van der Waals surface area contributed by atoms with E-state index in [2.05, 4.69) is 33.2 Å². The van der Waals surface area contributed by atoms with Gasteiger partial charge in [0.1, 0.15) is 0 Å². The van der Waals surface area contributed by atoms with Gasteiger partial charge in [-0.05, 0) is 19.2 Å². The number of carbonyl (C=O) groups is 1. The highest BCUT2D eigenvalue weighted by atomic mass is 32.1. The van der Waals surface area contributed by atoms with Crippen LogP contribution in [0, 0.1) is 0 Å². The molecule has 0 saturated carbocycles. The molecule has 1 heterocycles. The van der Waals surface area contributed by atoms with Gasteiger partial charge in [0.25, 0.3) is 0 Å². The molecule has 0 aliphatic carbocycles. The third-order valence-electron chi connectivity index (χ3n) is 2.96. The molecular formula is C15H19N5OS. The van der Waals surface area contributed by atoms with Gasteiger partial charge in [-0.15, -0.1) is 0 Å². The summed E-state index contributed by atoms with van der Waals surface area (Å²) < 4.78 is 0. The Labute approximate surface area is 135 Å². The molecule has 0 fully saturated rings. The standard InChI is InChI=1S/C15H19N5OS/c1-16-7-8-20(13-5-3-2-4-6-13)15-17-9-12(10-18-15)19-14(21)11-22/h2-6,9-10,16,22H,7-8,11H2,1H3,(H,19,21). The van der Waals surface area contributed by atoms with Crippen LogP contribution in [0.2, 0.25) is 0 Å². The number of benzene rings is 1. The summed E-state index contributed by atoms with van der Waals surface area (Å²) >= 11 is 3.92. The molecule has 0 spiro atoms. The maximum absolute atomic E-state index is 11.3. The van der Waals surface area contributed by atoms with Crippen LogP contribution in [0.25, 0.3) is 0 Å². The number of amides is 1. The minimum Gasteiger partial charge on any atom is -0.323 e. The van der Waals surface area contributed by atoms with Gasteiger partial charge in [-0.25, -0.2) is 9.97 Å². The summed E-state index contributed by atoms with van der Waals surface area (Å²) in [5.74, 6) is 0.528. The van der Waals surface area contributed by atoms with Gasteiger partial charge in [-0.3, -0.25) is 4.79 Å². The van der Waals surface area contributed by atoms with Crippen molar-refractivity contribution in [2.75, 3.05) is 36.1 Å². The molecule has 2 aromatic rings. The summed E-state index contributed by atoms with van der Waals surface area (Å²) in [5.41, 5.74) is 1.58.